The summed E-state index contributed by atoms with van der Waals surface area (Å²) in [6.07, 6.45) is 2.81. The fourth-order valence-electron chi connectivity index (χ4n) is 4.43. The highest BCUT2D eigenvalue weighted by atomic mass is 32.2. The van der Waals surface area contributed by atoms with Crippen molar-refractivity contribution >= 4 is 27.3 Å². The van der Waals surface area contributed by atoms with Crippen molar-refractivity contribution < 1.29 is 17.6 Å². The molecule has 2 aliphatic heterocycles. The second-order valence-corrected chi connectivity index (χ2v) is 10.6. The van der Waals surface area contributed by atoms with Crippen LogP contribution < -0.4 is 0 Å². The summed E-state index contributed by atoms with van der Waals surface area (Å²) in [4.78, 5) is 16.7. The summed E-state index contributed by atoms with van der Waals surface area (Å²) in [5.74, 6) is -0.467. The first-order chi connectivity index (χ1) is 13.9. The van der Waals surface area contributed by atoms with Gasteiger partial charge in [-0.2, -0.15) is 4.31 Å². The number of benzene rings is 1. The van der Waals surface area contributed by atoms with Crippen molar-refractivity contribution in [2.24, 2.45) is 5.92 Å². The summed E-state index contributed by atoms with van der Waals surface area (Å²) in [5.41, 5.74) is 1.27. The van der Waals surface area contributed by atoms with Crippen LogP contribution in [0.15, 0.2) is 40.6 Å². The highest BCUT2D eigenvalue weighted by molar-refractivity contribution is 7.89. The third-order valence-electron chi connectivity index (χ3n) is 6.02. The van der Waals surface area contributed by atoms with Gasteiger partial charge >= 0.3 is 0 Å². The van der Waals surface area contributed by atoms with Gasteiger partial charge in [0.25, 0.3) is 0 Å². The summed E-state index contributed by atoms with van der Waals surface area (Å²) in [7, 11) is -3.66. The van der Waals surface area contributed by atoms with Gasteiger partial charge in [-0.25, -0.2) is 12.8 Å². The van der Waals surface area contributed by atoms with E-state index >= 15 is 0 Å². The van der Waals surface area contributed by atoms with Crippen LogP contribution in [0.2, 0.25) is 0 Å². The van der Waals surface area contributed by atoms with E-state index < -0.39 is 15.8 Å². The number of amides is 1. The number of rotatable bonds is 4. The van der Waals surface area contributed by atoms with Crippen LogP contribution >= 0.6 is 11.3 Å². The highest BCUT2D eigenvalue weighted by Gasteiger charge is 2.37. The van der Waals surface area contributed by atoms with Crippen LogP contribution in [0.3, 0.4) is 0 Å². The van der Waals surface area contributed by atoms with E-state index in [1.54, 1.807) is 11.3 Å². The summed E-state index contributed by atoms with van der Waals surface area (Å²) >= 11 is 1.76. The highest BCUT2D eigenvalue weighted by Crippen LogP contribution is 2.37. The van der Waals surface area contributed by atoms with Gasteiger partial charge in [-0.1, -0.05) is 6.92 Å². The maximum atomic E-state index is 13.2. The Balaban J connectivity index is 1.43. The molecule has 8 heteroatoms. The lowest BCUT2D eigenvalue weighted by Gasteiger charge is -2.39. The maximum Gasteiger partial charge on any atom is 0.243 e. The molecular weight excluding hydrogens is 411 g/mol. The summed E-state index contributed by atoms with van der Waals surface area (Å²) in [6, 6.07) is 7.15. The zero-order valence-corrected chi connectivity index (χ0v) is 18.0. The van der Waals surface area contributed by atoms with Gasteiger partial charge in [0.1, 0.15) is 5.82 Å². The SMILES string of the molecule is CC[C@@H]1c2ccsc2CCN1C(=O)C1CCN(S(=O)(=O)c2ccc(F)cc2)CC1. The van der Waals surface area contributed by atoms with Gasteiger partial charge in [0.2, 0.25) is 15.9 Å². The summed E-state index contributed by atoms with van der Waals surface area (Å²) in [6.45, 7) is 3.46. The Bertz CT molecular complexity index is 980. The van der Waals surface area contributed by atoms with E-state index in [0.29, 0.717) is 25.9 Å². The molecule has 156 valence electrons. The number of hydrogen-bond acceptors (Lipinski definition) is 4. The fraction of sp³-hybridized carbons (Fsp3) is 0.476. The number of piperidine rings is 1. The summed E-state index contributed by atoms with van der Waals surface area (Å²) in [5, 5.41) is 2.10. The number of sulfonamides is 1. The number of hydrogen-bond donors (Lipinski definition) is 0. The van der Waals surface area contributed by atoms with Crippen molar-refractivity contribution in [1.29, 1.82) is 0 Å². The molecule has 1 aromatic carbocycles. The van der Waals surface area contributed by atoms with Crippen molar-refractivity contribution in [3.63, 3.8) is 0 Å². The van der Waals surface area contributed by atoms with E-state index in [9.17, 15) is 17.6 Å². The minimum Gasteiger partial charge on any atom is -0.335 e. The molecule has 0 saturated carbocycles. The smallest absolute Gasteiger partial charge is 0.243 e. The first kappa shape index (κ1) is 20.5. The molecule has 0 radical (unpaired) electrons. The van der Waals surface area contributed by atoms with E-state index in [-0.39, 0.29) is 22.8 Å². The number of fused-ring (bicyclic) bond motifs is 1. The van der Waals surface area contributed by atoms with Crippen LogP contribution in [0.25, 0.3) is 0 Å². The molecule has 1 aromatic heterocycles. The molecule has 1 saturated heterocycles. The van der Waals surface area contributed by atoms with E-state index in [4.69, 9.17) is 0 Å². The van der Waals surface area contributed by atoms with Gasteiger partial charge in [0, 0.05) is 30.4 Å². The first-order valence-electron chi connectivity index (χ1n) is 10.0. The van der Waals surface area contributed by atoms with Crippen molar-refractivity contribution in [3.05, 3.63) is 52.0 Å². The van der Waals surface area contributed by atoms with Gasteiger partial charge < -0.3 is 4.90 Å². The Morgan fingerprint density at radius 1 is 1.14 bits per heavy atom. The van der Waals surface area contributed by atoms with E-state index in [2.05, 4.69) is 18.4 Å². The Hall–Kier alpha value is -1.77. The Labute approximate surface area is 175 Å². The van der Waals surface area contributed by atoms with Crippen LogP contribution in [0, 0.1) is 11.7 Å². The molecule has 29 heavy (non-hydrogen) atoms. The number of carbonyl (C=O) groups is 1. The number of nitrogens with zero attached hydrogens (tertiary/aromatic N) is 2. The molecule has 2 aliphatic rings. The molecule has 0 spiro atoms. The first-order valence-corrected chi connectivity index (χ1v) is 12.4. The van der Waals surface area contributed by atoms with Gasteiger partial charge in [-0.05, 0) is 67.0 Å². The van der Waals surface area contributed by atoms with Crippen LogP contribution in [-0.2, 0) is 21.2 Å². The molecule has 0 N–H and O–H groups in total. The second-order valence-electron chi connectivity index (χ2n) is 7.64. The van der Waals surface area contributed by atoms with Gasteiger partial charge in [-0.15, -0.1) is 11.3 Å². The van der Waals surface area contributed by atoms with Gasteiger partial charge in [0.05, 0.1) is 10.9 Å². The van der Waals surface area contributed by atoms with Crippen molar-refractivity contribution in [2.75, 3.05) is 19.6 Å². The number of thiophene rings is 1. The molecule has 0 aliphatic carbocycles. The molecule has 4 rings (SSSR count). The average molecular weight is 437 g/mol. The maximum absolute atomic E-state index is 13.2. The minimum absolute atomic E-state index is 0.0933. The third kappa shape index (κ3) is 3.85. The molecule has 2 aromatic rings. The molecule has 1 atom stereocenters. The van der Waals surface area contributed by atoms with Crippen LogP contribution in [0.5, 0.6) is 0 Å². The Kier molecular flexibility index (Phi) is 5.77. The van der Waals surface area contributed by atoms with Crippen molar-refractivity contribution in [1.82, 2.24) is 9.21 Å². The third-order valence-corrected chi connectivity index (χ3v) is 8.93. The molecule has 3 heterocycles. The average Bonchev–Trinajstić information content (AvgIpc) is 3.22. The zero-order chi connectivity index (χ0) is 20.6. The lowest BCUT2D eigenvalue weighted by atomic mass is 9.92. The second kappa shape index (κ2) is 8.16. The lowest BCUT2D eigenvalue weighted by Crippen LogP contribution is -2.47. The van der Waals surface area contributed by atoms with Crippen LogP contribution in [0.1, 0.15) is 42.7 Å². The largest absolute Gasteiger partial charge is 0.335 e. The normalized spacial score (nSPS) is 21.2. The molecule has 5 nitrogen and oxygen atoms in total. The van der Waals surface area contributed by atoms with Crippen LogP contribution in [0.4, 0.5) is 4.39 Å². The topological polar surface area (TPSA) is 57.7 Å². The molecule has 0 bridgehead atoms. The van der Waals surface area contributed by atoms with E-state index in [1.807, 2.05) is 4.90 Å². The van der Waals surface area contributed by atoms with E-state index in [0.717, 1.165) is 31.5 Å². The lowest BCUT2D eigenvalue weighted by molar-refractivity contribution is -0.139. The number of carbonyl (C=O) groups excluding carboxylic acids is 1. The summed E-state index contributed by atoms with van der Waals surface area (Å²) < 4.78 is 40.1. The van der Waals surface area contributed by atoms with Gasteiger partial charge in [0.15, 0.2) is 0 Å². The molecule has 1 amide bonds. The fourth-order valence-corrected chi connectivity index (χ4v) is 6.83. The molecule has 0 unspecified atom stereocenters. The predicted octanol–water partition coefficient (Wildman–Crippen LogP) is 3.82. The predicted molar refractivity (Wildman–Crippen MR) is 111 cm³/mol. The number of halogens is 1. The van der Waals surface area contributed by atoms with Crippen molar-refractivity contribution in [2.45, 2.75) is 43.5 Å². The van der Waals surface area contributed by atoms with Gasteiger partial charge in [-0.3, -0.25) is 4.79 Å². The minimum atomic E-state index is -3.66. The monoisotopic (exact) mass is 436 g/mol. The standard InChI is InChI=1S/C21H25FN2O3S2/c1-2-19-18-10-14-28-20(18)9-13-24(19)21(25)15-7-11-23(12-8-15)29(26,27)17-5-3-16(22)4-6-17/h3-6,10,14-15,19H,2,7-9,11-13H2,1H3/t19-/m1/s1. The Morgan fingerprint density at radius 2 is 1.83 bits per heavy atom. The van der Waals surface area contributed by atoms with Crippen LogP contribution in [-0.4, -0.2) is 43.2 Å². The quantitative estimate of drug-likeness (QED) is 0.732. The van der Waals surface area contributed by atoms with E-state index in [1.165, 1.54) is 26.9 Å². The van der Waals surface area contributed by atoms with Crippen molar-refractivity contribution in [3.8, 4) is 0 Å². The zero-order valence-electron chi connectivity index (χ0n) is 16.4. The molecule has 1 fully saturated rings. The molecular formula is C21H25FN2O3S2. The Morgan fingerprint density at radius 3 is 2.48 bits per heavy atom.